The van der Waals surface area contributed by atoms with Crippen LogP contribution >= 0.6 is 0 Å². The van der Waals surface area contributed by atoms with Gasteiger partial charge in [-0.25, -0.2) is 0 Å². The highest BCUT2D eigenvalue weighted by atomic mass is 16.5. The second-order valence-corrected chi connectivity index (χ2v) is 3.68. The van der Waals surface area contributed by atoms with E-state index in [1.807, 2.05) is 12.1 Å². The first-order valence-electron chi connectivity index (χ1n) is 5.08. The number of carbonyl (C=O) groups is 1. The molecule has 1 atom stereocenters. The van der Waals surface area contributed by atoms with Crippen molar-refractivity contribution in [3.05, 3.63) is 18.2 Å². The summed E-state index contributed by atoms with van der Waals surface area (Å²) < 4.78 is 10.4. The lowest BCUT2D eigenvalue weighted by Crippen LogP contribution is -2.36. The SMILES string of the molecule is CC(=O)OCC1COc2cccc(N)c2N1. The summed E-state index contributed by atoms with van der Waals surface area (Å²) in [6.07, 6.45) is 0. The number of nitrogens with two attached hydrogens (primary N) is 1. The summed E-state index contributed by atoms with van der Waals surface area (Å²) in [6.45, 7) is 2.12. The van der Waals surface area contributed by atoms with Crippen LogP contribution in [0.1, 0.15) is 6.92 Å². The summed E-state index contributed by atoms with van der Waals surface area (Å²) in [6, 6.07) is 5.42. The second-order valence-electron chi connectivity index (χ2n) is 3.68. The first-order chi connectivity index (χ1) is 7.66. The van der Waals surface area contributed by atoms with Crippen molar-refractivity contribution in [2.24, 2.45) is 0 Å². The van der Waals surface area contributed by atoms with Crippen molar-refractivity contribution in [2.75, 3.05) is 24.3 Å². The van der Waals surface area contributed by atoms with Crippen molar-refractivity contribution < 1.29 is 14.3 Å². The van der Waals surface area contributed by atoms with Gasteiger partial charge in [0.2, 0.25) is 0 Å². The van der Waals surface area contributed by atoms with Crippen molar-refractivity contribution >= 4 is 17.3 Å². The number of fused-ring (bicyclic) bond motifs is 1. The van der Waals surface area contributed by atoms with Gasteiger partial charge in [-0.3, -0.25) is 4.79 Å². The number of benzene rings is 1. The molecule has 5 nitrogen and oxygen atoms in total. The third kappa shape index (κ3) is 2.18. The molecule has 0 radical (unpaired) electrons. The number of hydrogen-bond acceptors (Lipinski definition) is 5. The molecule has 0 aromatic heterocycles. The minimum Gasteiger partial charge on any atom is -0.489 e. The van der Waals surface area contributed by atoms with E-state index in [-0.39, 0.29) is 18.6 Å². The smallest absolute Gasteiger partial charge is 0.302 e. The lowest BCUT2D eigenvalue weighted by atomic mass is 10.2. The Bertz CT molecular complexity index is 406. The van der Waals surface area contributed by atoms with E-state index in [2.05, 4.69) is 5.32 Å². The molecule has 0 saturated heterocycles. The number of anilines is 2. The summed E-state index contributed by atoms with van der Waals surface area (Å²) in [7, 11) is 0. The summed E-state index contributed by atoms with van der Waals surface area (Å²) >= 11 is 0. The lowest BCUT2D eigenvalue weighted by Gasteiger charge is -2.27. The summed E-state index contributed by atoms with van der Waals surface area (Å²) in [4.78, 5) is 10.7. The molecule has 1 aliphatic heterocycles. The molecule has 0 bridgehead atoms. The van der Waals surface area contributed by atoms with Gasteiger partial charge >= 0.3 is 5.97 Å². The predicted molar refractivity (Wildman–Crippen MR) is 60.4 cm³/mol. The van der Waals surface area contributed by atoms with Gasteiger partial charge in [0.05, 0.1) is 11.7 Å². The van der Waals surface area contributed by atoms with E-state index in [4.69, 9.17) is 15.2 Å². The monoisotopic (exact) mass is 222 g/mol. The third-order valence-corrected chi connectivity index (χ3v) is 2.33. The van der Waals surface area contributed by atoms with Crippen LogP contribution in [0.4, 0.5) is 11.4 Å². The van der Waals surface area contributed by atoms with Crippen molar-refractivity contribution in [3.8, 4) is 5.75 Å². The first-order valence-corrected chi connectivity index (χ1v) is 5.08. The summed E-state index contributed by atoms with van der Waals surface area (Å²) in [5.74, 6) is 0.438. The number of hydrogen-bond donors (Lipinski definition) is 2. The van der Waals surface area contributed by atoms with Gasteiger partial charge in [0, 0.05) is 6.92 Å². The van der Waals surface area contributed by atoms with E-state index in [9.17, 15) is 4.79 Å². The fourth-order valence-corrected chi connectivity index (χ4v) is 1.57. The molecule has 1 heterocycles. The molecule has 16 heavy (non-hydrogen) atoms. The van der Waals surface area contributed by atoms with Gasteiger partial charge in [-0.2, -0.15) is 0 Å². The van der Waals surface area contributed by atoms with E-state index in [1.54, 1.807) is 6.07 Å². The van der Waals surface area contributed by atoms with E-state index < -0.39 is 0 Å². The van der Waals surface area contributed by atoms with E-state index >= 15 is 0 Å². The van der Waals surface area contributed by atoms with Crippen molar-refractivity contribution in [3.63, 3.8) is 0 Å². The van der Waals surface area contributed by atoms with Gasteiger partial charge in [0.1, 0.15) is 24.7 Å². The summed E-state index contributed by atoms with van der Waals surface area (Å²) in [5.41, 5.74) is 7.21. The average molecular weight is 222 g/mol. The van der Waals surface area contributed by atoms with E-state index in [0.29, 0.717) is 12.3 Å². The zero-order valence-corrected chi connectivity index (χ0v) is 9.03. The molecule has 2 rings (SSSR count). The van der Waals surface area contributed by atoms with Crippen LogP contribution in [0, 0.1) is 0 Å². The van der Waals surface area contributed by atoms with Gasteiger partial charge in [-0.1, -0.05) is 6.07 Å². The van der Waals surface area contributed by atoms with Gasteiger partial charge in [-0.15, -0.1) is 0 Å². The Labute approximate surface area is 93.5 Å². The third-order valence-electron chi connectivity index (χ3n) is 2.33. The van der Waals surface area contributed by atoms with Crippen LogP contribution in [0.5, 0.6) is 5.75 Å². The normalized spacial score (nSPS) is 17.9. The van der Waals surface area contributed by atoms with Gasteiger partial charge < -0.3 is 20.5 Å². The van der Waals surface area contributed by atoms with Crippen LogP contribution in [-0.2, 0) is 9.53 Å². The molecule has 3 N–H and O–H groups in total. The first kappa shape index (κ1) is 10.6. The van der Waals surface area contributed by atoms with Gasteiger partial charge in [-0.05, 0) is 12.1 Å². The zero-order chi connectivity index (χ0) is 11.5. The highest BCUT2D eigenvalue weighted by molar-refractivity contribution is 5.74. The maximum atomic E-state index is 10.7. The van der Waals surface area contributed by atoms with Crippen molar-refractivity contribution in [1.29, 1.82) is 0 Å². The maximum Gasteiger partial charge on any atom is 0.302 e. The topological polar surface area (TPSA) is 73.6 Å². The van der Waals surface area contributed by atoms with Crippen molar-refractivity contribution in [1.82, 2.24) is 0 Å². The molecule has 5 heteroatoms. The van der Waals surface area contributed by atoms with Crippen LogP contribution in [0.15, 0.2) is 18.2 Å². The average Bonchev–Trinajstić information content (AvgIpc) is 2.27. The second kappa shape index (κ2) is 4.30. The summed E-state index contributed by atoms with van der Waals surface area (Å²) in [5, 5.41) is 3.19. The molecule has 0 fully saturated rings. The number of nitrogens with one attached hydrogen (secondary N) is 1. The quantitative estimate of drug-likeness (QED) is 0.577. The molecule has 1 unspecified atom stereocenters. The minimum absolute atomic E-state index is 0.0545. The molecule has 0 aliphatic carbocycles. The minimum atomic E-state index is -0.298. The highest BCUT2D eigenvalue weighted by Gasteiger charge is 2.21. The molecule has 0 saturated carbocycles. The largest absolute Gasteiger partial charge is 0.489 e. The van der Waals surface area contributed by atoms with E-state index in [0.717, 1.165) is 11.4 Å². The molecule has 1 aromatic rings. The number of rotatable bonds is 2. The standard InChI is InChI=1S/C11H14N2O3/c1-7(14)15-5-8-6-16-10-4-2-3-9(12)11(10)13-8/h2-4,8,13H,5-6,12H2,1H3. The Kier molecular flexibility index (Phi) is 2.85. The Morgan fingerprint density at radius 3 is 3.25 bits per heavy atom. The van der Waals surface area contributed by atoms with Crippen LogP contribution < -0.4 is 15.8 Å². The van der Waals surface area contributed by atoms with Crippen LogP contribution in [-0.4, -0.2) is 25.2 Å². The zero-order valence-electron chi connectivity index (χ0n) is 9.03. The Morgan fingerprint density at radius 1 is 1.69 bits per heavy atom. The number of esters is 1. The Hall–Kier alpha value is -1.91. The number of ether oxygens (including phenoxy) is 2. The molecular weight excluding hydrogens is 208 g/mol. The molecule has 86 valence electrons. The van der Waals surface area contributed by atoms with Gasteiger partial charge in [0.15, 0.2) is 0 Å². The van der Waals surface area contributed by atoms with Gasteiger partial charge in [0.25, 0.3) is 0 Å². The van der Waals surface area contributed by atoms with Crippen LogP contribution in [0.25, 0.3) is 0 Å². The number of nitrogen functional groups attached to an aromatic ring is 1. The molecule has 0 amide bonds. The Morgan fingerprint density at radius 2 is 2.50 bits per heavy atom. The van der Waals surface area contributed by atoms with Crippen LogP contribution in [0.2, 0.25) is 0 Å². The highest BCUT2D eigenvalue weighted by Crippen LogP contribution is 2.33. The number of para-hydroxylation sites is 1. The Balaban J connectivity index is 2.05. The molecular formula is C11H14N2O3. The molecule has 1 aliphatic rings. The maximum absolute atomic E-state index is 10.7. The number of carbonyl (C=O) groups excluding carboxylic acids is 1. The molecule has 0 spiro atoms. The fourth-order valence-electron chi connectivity index (χ4n) is 1.57. The predicted octanol–water partition coefficient (Wildman–Crippen LogP) is 1.00. The lowest BCUT2D eigenvalue weighted by molar-refractivity contribution is -0.141. The van der Waals surface area contributed by atoms with Crippen molar-refractivity contribution in [2.45, 2.75) is 13.0 Å². The fraction of sp³-hybridized carbons (Fsp3) is 0.364. The molecule has 1 aromatic carbocycles. The van der Waals surface area contributed by atoms with Crippen LogP contribution in [0.3, 0.4) is 0 Å². The van der Waals surface area contributed by atoms with E-state index in [1.165, 1.54) is 6.92 Å².